The van der Waals surface area contributed by atoms with Gasteiger partial charge in [0, 0.05) is 24.7 Å². The van der Waals surface area contributed by atoms with Crippen LogP contribution in [0.4, 0.5) is 0 Å². The number of amides is 2. The highest BCUT2D eigenvalue weighted by molar-refractivity contribution is 9.10. The number of ether oxygens (including phenoxy) is 1. The summed E-state index contributed by atoms with van der Waals surface area (Å²) < 4.78 is 5.57. The average molecular weight is 329 g/mol. The lowest BCUT2D eigenvalue weighted by Crippen LogP contribution is -2.37. The van der Waals surface area contributed by atoms with Crippen LogP contribution in [0.2, 0.25) is 0 Å². The summed E-state index contributed by atoms with van der Waals surface area (Å²) in [6, 6.07) is 7.06. The van der Waals surface area contributed by atoms with Crippen molar-refractivity contribution < 1.29 is 14.3 Å². The molecule has 0 saturated heterocycles. The van der Waals surface area contributed by atoms with E-state index in [1.165, 1.54) is 0 Å². The summed E-state index contributed by atoms with van der Waals surface area (Å²) in [4.78, 5) is 23.3. The number of nitrogens with one attached hydrogen (secondary N) is 2. The average Bonchev–Trinajstić information content (AvgIpc) is 2.41. The third-order valence-corrected chi connectivity index (χ3v) is 3.07. The van der Waals surface area contributed by atoms with Crippen LogP contribution in [-0.2, 0) is 9.53 Å². The maximum absolute atomic E-state index is 11.8. The zero-order chi connectivity index (χ0) is 14.1. The Kier molecular flexibility index (Phi) is 7.14. The zero-order valence-corrected chi connectivity index (χ0v) is 12.3. The molecule has 0 bridgehead atoms. The van der Waals surface area contributed by atoms with Crippen LogP contribution in [0.5, 0.6) is 0 Å². The van der Waals surface area contributed by atoms with Gasteiger partial charge in [0.2, 0.25) is 5.91 Å². The number of rotatable bonds is 7. The zero-order valence-electron chi connectivity index (χ0n) is 10.7. The quantitative estimate of drug-likeness (QED) is 0.742. The lowest BCUT2D eigenvalue weighted by Gasteiger charge is -2.07. The van der Waals surface area contributed by atoms with Crippen LogP contribution in [0.25, 0.3) is 0 Å². The monoisotopic (exact) mass is 328 g/mol. The predicted octanol–water partition coefficient (Wildman–Crippen LogP) is 1.33. The molecule has 1 aromatic carbocycles. The Morgan fingerprint density at radius 2 is 2.00 bits per heavy atom. The summed E-state index contributed by atoms with van der Waals surface area (Å²) >= 11 is 3.29. The molecule has 0 aliphatic rings. The fourth-order valence-electron chi connectivity index (χ4n) is 1.41. The smallest absolute Gasteiger partial charge is 0.252 e. The maximum Gasteiger partial charge on any atom is 0.252 e. The fraction of sp³-hybridized carbons (Fsp3) is 0.385. The number of carbonyl (C=O) groups excluding carboxylic acids is 2. The van der Waals surface area contributed by atoms with Crippen molar-refractivity contribution in [3.05, 3.63) is 34.3 Å². The van der Waals surface area contributed by atoms with Crippen LogP contribution >= 0.6 is 15.9 Å². The first-order chi connectivity index (χ1) is 9.15. The predicted molar refractivity (Wildman–Crippen MR) is 76.0 cm³/mol. The molecule has 0 radical (unpaired) electrons. The largest absolute Gasteiger partial charge is 0.385 e. The molecule has 6 heteroatoms. The Morgan fingerprint density at radius 1 is 1.26 bits per heavy atom. The molecule has 0 aliphatic heterocycles. The summed E-state index contributed by atoms with van der Waals surface area (Å²) in [5, 5.41) is 5.26. The van der Waals surface area contributed by atoms with Gasteiger partial charge in [-0.3, -0.25) is 9.59 Å². The molecule has 0 unspecified atom stereocenters. The highest BCUT2D eigenvalue weighted by Gasteiger charge is 2.10. The minimum absolute atomic E-state index is 0.0346. The molecule has 0 aromatic heterocycles. The molecule has 1 rings (SSSR count). The van der Waals surface area contributed by atoms with Gasteiger partial charge in [-0.1, -0.05) is 12.1 Å². The third-order valence-electron chi connectivity index (χ3n) is 2.38. The van der Waals surface area contributed by atoms with Gasteiger partial charge < -0.3 is 15.4 Å². The SMILES string of the molecule is COCCCNC(=O)CNC(=O)c1ccccc1Br. The van der Waals surface area contributed by atoms with Gasteiger partial charge in [0.1, 0.15) is 0 Å². The highest BCUT2D eigenvalue weighted by atomic mass is 79.9. The molecular formula is C13H17BrN2O3. The third kappa shape index (κ3) is 5.85. The lowest BCUT2D eigenvalue weighted by molar-refractivity contribution is -0.120. The van der Waals surface area contributed by atoms with Crippen molar-refractivity contribution in [3.8, 4) is 0 Å². The molecular weight excluding hydrogens is 312 g/mol. The summed E-state index contributed by atoms with van der Waals surface area (Å²) in [6.07, 6.45) is 0.750. The van der Waals surface area contributed by atoms with Crippen molar-refractivity contribution in [1.82, 2.24) is 10.6 Å². The molecule has 0 saturated carbocycles. The van der Waals surface area contributed by atoms with E-state index >= 15 is 0 Å². The number of carbonyl (C=O) groups is 2. The topological polar surface area (TPSA) is 67.4 Å². The van der Waals surface area contributed by atoms with Crippen molar-refractivity contribution in [1.29, 1.82) is 0 Å². The van der Waals surface area contributed by atoms with Gasteiger partial charge >= 0.3 is 0 Å². The molecule has 2 N–H and O–H groups in total. The second-order valence-electron chi connectivity index (χ2n) is 3.86. The Morgan fingerprint density at radius 3 is 2.68 bits per heavy atom. The van der Waals surface area contributed by atoms with Gasteiger partial charge in [-0.15, -0.1) is 0 Å². The Hall–Kier alpha value is -1.40. The van der Waals surface area contributed by atoms with Crippen LogP contribution in [0.15, 0.2) is 28.7 Å². The molecule has 0 aliphatic carbocycles. The first-order valence-electron chi connectivity index (χ1n) is 5.93. The molecule has 0 fully saturated rings. The van der Waals surface area contributed by atoms with E-state index in [9.17, 15) is 9.59 Å². The number of benzene rings is 1. The van der Waals surface area contributed by atoms with Gasteiger partial charge in [0.15, 0.2) is 0 Å². The van der Waals surface area contributed by atoms with E-state index in [0.29, 0.717) is 23.2 Å². The molecule has 2 amide bonds. The Bertz CT molecular complexity index is 438. The number of methoxy groups -OCH3 is 1. The van der Waals surface area contributed by atoms with Gasteiger partial charge in [0.05, 0.1) is 12.1 Å². The second-order valence-corrected chi connectivity index (χ2v) is 4.71. The molecule has 0 atom stereocenters. The van der Waals surface area contributed by atoms with Crippen LogP contribution in [0, 0.1) is 0 Å². The maximum atomic E-state index is 11.8. The summed E-state index contributed by atoms with van der Waals surface area (Å²) in [5.74, 6) is -0.490. The van der Waals surface area contributed by atoms with E-state index in [1.54, 1.807) is 25.3 Å². The van der Waals surface area contributed by atoms with E-state index in [4.69, 9.17) is 4.74 Å². The summed E-state index contributed by atoms with van der Waals surface area (Å²) in [6.45, 7) is 1.11. The van der Waals surface area contributed by atoms with E-state index < -0.39 is 0 Å². The second kappa shape index (κ2) is 8.66. The summed E-state index contributed by atoms with van der Waals surface area (Å²) in [5.41, 5.74) is 0.509. The van der Waals surface area contributed by atoms with E-state index in [0.717, 1.165) is 6.42 Å². The van der Waals surface area contributed by atoms with Gasteiger partial charge in [-0.2, -0.15) is 0 Å². The van der Waals surface area contributed by atoms with Crippen molar-refractivity contribution in [2.75, 3.05) is 26.8 Å². The summed E-state index contributed by atoms with van der Waals surface area (Å²) in [7, 11) is 1.61. The first-order valence-corrected chi connectivity index (χ1v) is 6.73. The highest BCUT2D eigenvalue weighted by Crippen LogP contribution is 2.15. The molecule has 1 aromatic rings. The van der Waals surface area contributed by atoms with Crippen LogP contribution < -0.4 is 10.6 Å². The molecule has 5 nitrogen and oxygen atoms in total. The van der Waals surface area contributed by atoms with Crippen molar-refractivity contribution >= 4 is 27.7 Å². The minimum Gasteiger partial charge on any atom is -0.385 e. The van der Waals surface area contributed by atoms with E-state index in [-0.39, 0.29) is 18.4 Å². The van der Waals surface area contributed by atoms with E-state index in [2.05, 4.69) is 26.6 Å². The Balaban J connectivity index is 2.30. The van der Waals surface area contributed by atoms with Gasteiger partial charge in [-0.25, -0.2) is 0 Å². The first kappa shape index (κ1) is 15.7. The van der Waals surface area contributed by atoms with Crippen molar-refractivity contribution in [2.45, 2.75) is 6.42 Å². The number of hydrogen-bond acceptors (Lipinski definition) is 3. The van der Waals surface area contributed by atoms with E-state index in [1.807, 2.05) is 6.07 Å². The van der Waals surface area contributed by atoms with Crippen LogP contribution in [-0.4, -0.2) is 38.6 Å². The van der Waals surface area contributed by atoms with Crippen molar-refractivity contribution in [3.63, 3.8) is 0 Å². The minimum atomic E-state index is -0.278. The Labute approximate surface area is 120 Å². The number of hydrogen-bond donors (Lipinski definition) is 2. The fourth-order valence-corrected chi connectivity index (χ4v) is 1.87. The number of halogens is 1. The van der Waals surface area contributed by atoms with Gasteiger partial charge in [0.25, 0.3) is 5.91 Å². The molecule has 0 heterocycles. The standard InChI is InChI=1S/C13H17BrN2O3/c1-19-8-4-7-15-12(17)9-16-13(18)10-5-2-3-6-11(10)14/h2-3,5-6H,4,7-9H2,1H3,(H,15,17)(H,16,18). The lowest BCUT2D eigenvalue weighted by atomic mass is 10.2. The molecule has 0 spiro atoms. The molecule has 19 heavy (non-hydrogen) atoms. The van der Waals surface area contributed by atoms with Gasteiger partial charge in [-0.05, 0) is 34.5 Å². The van der Waals surface area contributed by atoms with Crippen molar-refractivity contribution in [2.24, 2.45) is 0 Å². The molecule has 104 valence electrons. The van der Waals surface area contributed by atoms with Crippen LogP contribution in [0.3, 0.4) is 0 Å². The van der Waals surface area contributed by atoms with Crippen LogP contribution in [0.1, 0.15) is 16.8 Å². The normalized spacial score (nSPS) is 10.0.